The second kappa shape index (κ2) is 7.00. The molecule has 7 heteroatoms. The molecular weight excluding hydrogens is 338 g/mol. The second-order valence-electron chi connectivity index (χ2n) is 5.27. The average Bonchev–Trinajstić information content (AvgIpc) is 2.49. The summed E-state index contributed by atoms with van der Waals surface area (Å²) in [7, 11) is 0. The number of hydrogen-bond acceptors (Lipinski definition) is 4. The zero-order valence-electron chi connectivity index (χ0n) is 11.6. The molecule has 0 atom stereocenters. The predicted octanol–water partition coefficient (Wildman–Crippen LogP) is 2.10. The Bertz CT molecular complexity index is 542. The van der Waals surface area contributed by atoms with E-state index in [1.807, 2.05) is 4.90 Å². The van der Waals surface area contributed by atoms with Crippen molar-refractivity contribution in [3.8, 4) is 0 Å². The molecule has 0 radical (unpaired) electrons. The number of nitrogens with two attached hydrogens (primary N) is 1. The van der Waals surface area contributed by atoms with Gasteiger partial charge in [-0.1, -0.05) is 22.0 Å². The molecule has 1 saturated heterocycles. The number of rotatable bonds is 4. The maximum Gasteiger partial charge on any atom is 0.270 e. The van der Waals surface area contributed by atoms with Crippen LogP contribution in [0.4, 0.5) is 5.69 Å². The van der Waals surface area contributed by atoms with Gasteiger partial charge in [0.25, 0.3) is 5.69 Å². The van der Waals surface area contributed by atoms with Gasteiger partial charge in [-0.15, -0.1) is 0 Å². The third-order valence-corrected chi connectivity index (χ3v) is 4.63. The Morgan fingerprint density at radius 2 is 2.10 bits per heavy atom. The van der Waals surface area contributed by atoms with Crippen LogP contribution in [0.2, 0.25) is 0 Å². The van der Waals surface area contributed by atoms with E-state index in [-0.39, 0.29) is 18.0 Å². The number of non-ortho nitro benzene ring substituents is 1. The number of likely N-dealkylation sites (tertiary alicyclic amines) is 1. The van der Waals surface area contributed by atoms with Crippen LogP contribution >= 0.6 is 15.9 Å². The fourth-order valence-electron chi connectivity index (χ4n) is 2.49. The van der Waals surface area contributed by atoms with E-state index in [1.165, 1.54) is 12.1 Å². The summed E-state index contributed by atoms with van der Waals surface area (Å²) in [6, 6.07) is 4.49. The molecular formula is C14H18BrN3O3. The highest BCUT2D eigenvalue weighted by molar-refractivity contribution is 9.10. The van der Waals surface area contributed by atoms with Crippen LogP contribution in [0.1, 0.15) is 18.4 Å². The number of halogens is 1. The van der Waals surface area contributed by atoms with Crippen molar-refractivity contribution in [1.82, 2.24) is 4.90 Å². The van der Waals surface area contributed by atoms with Crippen LogP contribution in [-0.2, 0) is 11.2 Å². The molecule has 1 fully saturated rings. The third kappa shape index (κ3) is 4.01. The fourth-order valence-corrected chi connectivity index (χ4v) is 2.99. The van der Waals surface area contributed by atoms with Gasteiger partial charge in [0.2, 0.25) is 5.91 Å². The zero-order chi connectivity index (χ0) is 15.4. The topological polar surface area (TPSA) is 89.5 Å². The molecule has 1 aliphatic heterocycles. The molecule has 21 heavy (non-hydrogen) atoms. The molecule has 1 aliphatic rings. The summed E-state index contributed by atoms with van der Waals surface area (Å²) in [6.45, 7) is 2.16. The Balaban J connectivity index is 1.98. The SMILES string of the molecule is NCC1CCN(C(=O)Cc2ccc([N+](=O)[O-])cc2Br)CC1. The molecule has 114 valence electrons. The first-order chi connectivity index (χ1) is 10.0. The van der Waals surface area contributed by atoms with E-state index in [0.29, 0.717) is 16.9 Å². The van der Waals surface area contributed by atoms with Crippen LogP contribution in [0.25, 0.3) is 0 Å². The number of piperidine rings is 1. The molecule has 1 aromatic carbocycles. The minimum atomic E-state index is -0.450. The highest BCUT2D eigenvalue weighted by Crippen LogP contribution is 2.24. The molecule has 0 bridgehead atoms. The van der Waals surface area contributed by atoms with E-state index < -0.39 is 4.92 Å². The lowest BCUT2D eigenvalue weighted by Crippen LogP contribution is -2.40. The summed E-state index contributed by atoms with van der Waals surface area (Å²) in [5.41, 5.74) is 6.43. The number of nitro groups is 1. The summed E-state index contributed by atoms with van der Waals surface area (Å²) >= 11 is 3.30. The van der Waals surface area contributed by atoms with Crippen molar-refractivity contribution in [1.29, 1.82) is 0 Å². The van der Waals surface area contributed by atoms with Gasteiger partial charge >= 0.3 is 0 Å². The van der Waals surface area contributed by atoms with Gasteiger partial charge in [0, 0.05) is 29.7 Å². The van der Waals surface area contributed by atoms with Crippen molar-refractivity contribution in [2.45, 2.75) is 19.3 Å². The van der Waals surface area contributed by atoms with Gasteiger partial charge in [-0.05, 0) is 30.9 Å². The fraction of sp³-hybridized carbons (Fsp3) is 0.500. The van der Waals surface area contributed by atoms with Gasteiger partial charge in [-0.3, -0.25) is 14.9 Å². The van der Waals surface area contributed by atoms with Gasteiger partial charge in [0.15, 0.2) is 0 Å². The number of carbonyl (C=O) groups is 1. The number of nitrogens with zero attached hydrogens (tertiary/aromatic N) is 2. The zero-order valence-corrected chi connectivity index (χ0v) is 13.2. The van der Waals surface area contributed by atoms with E-state index in [0.717, 1.165) is 31.5 Å². The first-order valence-electron chi connectivity index (χ1n) is 6.92. The van der Waals surface area contributed by atoms with Crippen LogP contribution < -0.4 is 5.73 Å². The first kappa shape index (κ1) is 15.9. The van der Waals surface area contributed by atoms with E-state index in [2.05, 4.69) is 15.9 Å². The van der Waals surface area contributed by atoms with Crippen LogP contribution in [-0.4, -0.2) is 35.4 Å². The lowest BCUT2D eigenvalue weighted by Gasteiger charge is -2.31. The summed E-state index contributed by atoms with van der Waals surface area (Å²) in [5, 5.41) is 10.7. The van der Waals surface area contributed by atoms with Crippen molar-refractivity contribution in [3.63, 3.8) is 0 Å². The lowest BCUT2D eigenvalue weighted by atomic mass is 9.96. The van der Waals surface area contributed by atoms with Crippen molar-refractivity contribution >= 4 is 27.5 Å². The number of nitro benzene ring substituents is 1. The Morgan fingerprint density at radius 3 is 2.62 bits per heavy atom. The molecule has 1 amide bonds. The van der Waals surface area contributed by atoms with Crippen molar-refractivity contribution in [2.75, 3.05) is 19.6 Å². The van der Waals surface area contributed by atoms with E-state index in [1.54, 1.807) is 6.07 Å². The van der Waals surface area contributed by atoms with Crippen molar-refractivity contribution in [2.24, 2.45) is 11.7 Å². The van der Waals surface area contributed by atoms with E-state index in [9.17, 15) is 14.9 Å². The van der Waals surface area contributed by atoms with Crippen LogP contribution in [0.15, 0.2) is 22.7 Å². The molecule has 6 nitrogen and oxygen atoms in total. The normalized spacial score (nSPS) is 16.0. The highest BCUT2D eigenvalue weighted by atomic mass is 79.9. The summed E-state index contributed by atoms with van der Waals surface area (Å²) in [6.07, 6.45) is 2.15. The minimum absolute atomic E-state index is 0.0156. The van der Waals surface area contributed by atoms with Gasteiger partial charge in [-0.2, -0.15) is 0 Å². The second-order valence-corrected chi connectivity index (χ2v) is 6.12. The smallest absolute Gasteiger partial charge is 0.270 e. The summed E-state index contributed by atoms with van der Waals surface area (Å²) in [5.74, 6) is 0.570. The van der Waals surface area contributed by atoms with E-state index in [4.69, 9.17) is 5.73 Å². The standard InChI is InChI=1S/C14H18BrN3O3/c15-13-8-12(18(20)21)2-1-11(13)7-14(19)17-5-3-10(9-16)4-6-17/h1-2,8,10H,3-7,9,16H2. The number of benzene rings is 1. The molecule has 0 saturated carbocycles. The van der Waals surface area contributed by atoms with Gasteiger partial charge in [-0.25, -0.2) is 0 Å². The molecule has 0 spiro atoms. The molecule has 2 rings (SSSR count). The average molecular weight is 356 g/mol. The summed E-state index contributed by atoms with van der Waals surface area (Å²) < 4.78 is 0.599. The molecule has 1 heterocycles. The Morgan fingerprint density at radius 1 is 1.43 bits per heavy atom. The number of amides is 1. The van der Waals surface area contributed by atoms with Crippen molar-refractivity contribution in [3.05, 3.63) is 38.3 Å². The van der Waals surface area contributed by atoms with E-state index >= 15 is 0 Å². The third-order valence-electron chi connectivity index (χ3n) is 3.89. The maximum atomic E-state index is 12.3. The summed E-state index contributed by atoms with van der Waals surface area (Å²) in [4.78, 5) is 24.4. The molecule has 1 aromatic rings. The Labute approximate surface area is 131 Å². The predicted molar refractivity (Wildman–Crippen MR) is 82.9 cm³/mol. The molecule has 2 N–H and O–H groups in total. The number of carbonyl (C=O) groups excluding carboxylic acids is 1. The van der Waals surface area contributed by atoms with Gasteiger partial charge < -0.3 is 10.6 Å². The van der Waals surface area contributed by atoms with Crippen molar-refractivity contribution < 1.29 is 9.72 Å². The first-order valence-corrected chi connectivity index (χ1v) is 7.71. The van der Waals surface area contributed by atoms with Gasteiger partial charge in [0.05, 0.1) is 11.3 Å². The number of hydrogen-bond donors (Lipinski definition) is 1. The van der Waals surface area contributed by atoms with Crippen LogP contribution in [0, 0.1) is 16.0 Å². The Kier molecular flexibility index (Phi) is 5.30. The largest absolute Gasteiger partial charge is 0.342 e. The monoisotopic (exact) mass is 355 g/mol. The maximum absolute atomic E-state index is 12.3. The van der Waals surface area contributed by atoms with Crippen LogP contribution in [0.3, 0.4) is 0 Å². The highest BCUT2D eigenvalue weighted by Gasteiger charge is 2.22. The van der Waals surface area contributed by atoms with Gasteiger partial charge in [0.1, 0.15) is 0 Å². The lowest BCUT2D eigenvalue weighted by molar-refractivity contribution is -0.384. The quantitative estimate of drug-likeness (QED) is 0.661. The Hall–Kier alpha value is -1.47. The minimum Gasteiger partial charge on any atom is -0.342 e. The molecule has 0 aliphatic carbocycles. The molecule has 0 aromatic heterocycles. The van der Waals surface area contributed by atoms with Crippen LogP contribution in [0.5, 0.6) is 0 Å². The molecule has 0 unspecified atom stereocenters.